The maximum atomic E-state index is 12.3. The summed E-state index contributed by atoms with van der Waals surface area (Å²) in [4.78, 5) is 0. The Morgan fingerprint density at radius 2 is 2.26 bits per heavy atom. The number of nitrogens with zero attached hydrogens (tertiary/aromatic N) is 1. The molecule has 1 aromatic heterocycles. The van der Waals surface area contributed by atoms with Gasteiger partial charge in [-0.05, 0) is 19.1 Å². The third-order valence-electron chi connectivity index (χ3n) is 3.43. The fourth-order valence-corrected chi connectivity index (χ4v) is 4.87. The summed E-state index contributed by atoms with van der Waals surface area (Å²) in [5, 5.41) is 15.5. The monoisotopic (exact) mass is 305 g/mol. The number of sulfonamides is 1. The zero-order chi connectivity index (χ0) is 13.9. The highest BCUT2D eigenvalue weighted by Crippen LogP contribution is 2.28. The summed E-state index contributed by atoms with van der Waals surface area (Å²) < 4.78 is 27.3. The van der Waals surface area contributed by atoms with E-state index in [4.69, 9.17) is 5.11 Å². The summed E-state index contributed by atoms with van der Waals surface area (Å²) in [6.45, 7) is -0.344. The van der Waals surface area contributed by atoms with Crippen LogP contribution in [0.2, 0.25) is 0 Å². The number of aliphatic hydroxyl groups is 1. The van der Waals surface area contributed by atoms with E-state index in [9.17, 15) is 8.42 Å². The van der Waals surface area contributed by atoms with Gasteiger partial charge >= 0.3 is 0 Å². The van der Waals surface area contributed by atoms with Crippen LogP contribution in [0, 0.1) is 0 Å². The summed E-state index contributed by atoms with van der Waals surface area (Å²) in [5.74, 6) is 0. The van der Waals surface area contributed by atoms with Gasteiger partial charge in [0.05, 0.1) is 12.8 Å². The maximum Gasteiger partial charge on any atom is 0.258 e. The van der Waals surface area contributed by atoms with Crippen LogP contribution in [0.4, 0.5) is 0 Å². The molecule has 1 aliphatic carbocycles. The molecule has 3 N–H and O–H groups in total. The van der Waals surface area contributed by atoms with E-state index in [1.807, 2.05) is 6.26 Å². The molecule has 19 heavy (non-hydrogen) atoms. The molecular formula is C11H19N3O3S2. The number of aromatic nitrogens is 2. The van der Waals surface area contributed by atoms with Crippen molar-refractivity contribution in [3.8, 4) is 0 Å². The van der Waals surface area contributed by atoms with Crippen LogP contribution >= 0.6 is 11.8 Å². The van der Waals surface area contributed by atoms with Crippen LogP contribution in [0.25, 0.3) is 0 Å². The number of aliphatic hydroxyl groups excluding tert-OH is 1. The predicted octanol–water partition coefficient (Wildman–Crippen LogP) is 0.854. The van der Waals surface area contributed by atoms with Crippen molar-refractivity contribution in [3.05, 3.63) is 11.8 Å². The highest BCUT2D eigenvalue weighted by molar-refractivity contribution is 7.99. The van der Waals surface area contributed by atoms with Gasteiger partial charge in [0.2, 0.25) is 0 Å². The fraction of sp³-hybridized carbons (Fsp3) is 0.727. The summed E-state index contributed by atoms with van der Waals surface area (Å²) >= 11 is 1.70. The lowest BCUT2D eigenvalue weighted by Crippen LogP contribution is -2.43. The lowest BCUT2D eigenvalue weighted by atomic mass is 9.96. The van der Waals surface area contributed by atoms with Crippen molar-refractivity contribution < 1.29 is 13.5 Å². The van der Waals surface area contributed by atoms with Gasteiger partial charge in [0.25, 0.3) is 10.0 Å². The number of rotatable bonds is 5. The number of thioether (sulfide) groups is 1. The van der Waals surface area contributed by atoms with Crippen molar-refractivity contribution in [2.75, 3.05) is 6.26 Å². The zero-order valence-electron chi connectivity index (χ0n) is 10.8. The van der Waals surface area contributed by atoms with Crippen LogP contribution in [0.3, 0.4) is 0 Å². The summed E-state index contributed by atoms with van der Waals surface area (Å²) in [6, 6.07) is -0.0522. The van der Waals surface area contributed by atoms with Crippen LogP contribution < -0.4 is 4.72 Å². The lowest BCUT2D eigenvalue weighted by Gasteiger charge is -2.30. The highest BCUT2D eigenvalue weighted by Gasteiger charge is 2.30. The predicted molar refractivity (Wildman–Crippen MR) is 74.4 cm³/mol. The SMILES string of the molecule is CSC1CCCCC1NS(=O)(=O)c1[nH]ncc1CO. The van der Waals surface area contributed by atoms with Crippen molar-refractivity contribution in [3.63, 3.8) is 0 Å². The zero-order valence-corrected chi connectivity index (χ0v) is 12.4. The molecule has 0 amide bonds. The Hall–Kier alpha value is -0.570. The number of H-pyrrole nitrogens is 1. The van der Waals surface area contributed by atoms with E-state index in [0.717, 1.165) is 25.7 Å². The molecule has 0 aliphatic heterocycles. The van der Waals surface area contributed by atoms with Crippen molar-refractivity contribution in [2.45, 2.75) is 48.6 Å². The molecule has 8 heteroatoms. The maximum absolute atomic E-state index is 12.3. The van der Waals surface area contributed by atoms with Gasteiger partial charge in [-0.15, -0.1) is 0 Å². The van der Waals surface area contributed by atoms with Crippen molar-refractivity contribution in [1.29, 1.82) is 0 Å². The summed E-state index contributed by atoms with van der Waals surface area (Å²) in [5.41, 5.74) is 0.295. The average molecular weight is 305 g/mol. The van der Waals surface area contributed by atoms with Gasteiger partial charge < -0.3 is 5.11 Å². The fourth-order valence-electron chi connectivity index (χ4n) is 2.42. The average Bonchev–Trinajstić information content (AvgIpc) is 2.88. The van der Waals surface area contributed by atoms with Crippen LogP contribution in [0.15, 0.2) is 11.2 Å². The second kappa shape index (κ2) is 6.25. The first-order chi connectivity index (χ1) is 9.08. The van der Waals surface area contributed by atoms with Gasteiger partial charge in [-0.1, -0.05) is 12.8 Å². The molecule has 0 radical (unpaired) electrons. The third-order valence-corrected chi connectivity index (χ3v) is 6.10. The van der Waals surface area contributed by atoms with Gasteiger partial charge in [0.1, 0.15) is 0 Å². The topological polar surface area (TPSA) is 95.1 Å². The highest BCUT2D eigenvalue weighted by atomic mass is 32.2. The van der Waals surface area contributed by atoms with Crippen LogP contribution in [0.5, 0.6) is 0 Å². The minimum Gasteiger partial charge on any atom is -0.392 e. The number of aromatic amines is 1. The van der Waals surface area contributed by atoms with Crippen molar-refractivity contribution in [2.24, 2.45) is 0 Å². The Kier molecular flexibility index (Phi) is 4.88. The smallest absolute Gasteiger partial charge is 0.258 e. The largest absolute Gasteiger partial charge is 0.392 e. The van der Waals surface area contributed by atoms with E-state index >= 15 is 0 Å². The molecule has 0 spiro atoms. The van der Waals surface area contributed by atoms with E-state index in [-0.39, 0.29) is 17.7 Å². The standard InChI is InChI=1S/C11H19N3O3S2/c1-18-10-5-3-2-4-9(10)14-19(16,17)11-8(7-15)6-12-13-11/h6,9-10,14-15H,2-5,7H2,1H3,(H,12,13). The van der Waals surface area contributed by atoms with Gasteiger partial charge in [0, 0.05) is 16.9 Å². The molecule has 1 heterocycles. The minimum absolute atomic E-state index is 0.0274. The van der Waals surface area contributed by atoms with E-state index in [1.54, 1.807) is 11.8 Å². The molecule has 2 unspecified atom stereocenters. The number of nitrogens with one attached hydrogen (secondary N) is 2. The summed E-state index contributed by atoms with van der Waals surface area (Å²) in [7, 11) is -3.64. The second-order valence-electron chi connectivity index (χ2n) is 4.67. The van der Waals surface area contributed by atoms with Crippen LogP contribution in [0.1, 0.15) is 31.2 Å². The molecule has 0 aromatic carbocycles. The Balaban J connectivity index is 2.16. The Labute approximate surface area is 117 Å². The molecule has 6 nitrogen and oxygen atoms in total. The Morgan fingerprint density at radius 1 is 1.53 bits per heavy atom. The van der Waals surface area contributed by atoms with Crippen LogP contribution in [-0.4, -0.2) is 41.3 Å². The molecule has 1 saturated carbocycles. The molecule has 2 rings (SSSR count). The quantitative estimate of drug-likeness (QED) is 0.750. The van der Waals surface area contributed by atoms with Gasteiger partial charge in [-0.2, -0.15) is 16.9 Å². The lowest BCUT2D eigenvalue weighted by molar-refractivity contribution is 0.278. The van der Waals surface area contributed by atoms with E-state index in [0.29, 0.717) is 10.8 Å². The van der Waals surface area contributed by atoms with E-state index in [2.05, 4.69) is 14.9 Å². The molecule has 1 fully saturated rings. The number of hydrogen-bond acceptors (Lipinski definition) is 5. The molecule has 0 bridgehead atoms. The van der Waals surface area contributed by atoms with Crippen LogP contribution in [-0.2, 0) is 16.6 Å². The van der Waals surface area contributed by atoms with Gasteiger partial charge in [-0.3, -0.25) is 5.10 Å². The first-order valence-corrected chi connectivity index (χ1v) is 9.04. The Bertz CT molecular complexity index is 515. The van der Waals surface area contributed by atoms with Gasteiger partial charge in [-0.25, -0.2) is 13.1 Å². The van der Waals surface area contributed by atoms with Gasteiger partial charge in [0.15, 0.2) is 5.03 Å². The molecule has 0 saturated heterocycles. The minimum atomic E-state index is -3.64. The number of hydrogen-bond donors (Lipinski definition) is 3. The van der Waals surface area contributed by atoms with Crippen molar-refractivity contribution in [1.82, 2.24) is 14.9 Å². The molecule has 108 valence electrons. The molecular weight excluding hydrogens is 286 g/mol. The third kappa shape index (κ3) is 3.31. The Morgan fingerprint density at radius 3 is 2.95 bits per heavy atom. The van der Waals surface area contributed by atoms with E-state index in [1.165, 1.54) is 6.20 Å². The summed E-state index contributed by atoms with van der Waals surface area (Å²) in [6.07, 6.45) is 7.42. The molecule has 1 aliphatic rings. The first kappa shape index (κ1) is 14.8. The molecule has 2 atom stereocenters. The first-order valence-electron chi connectivity index (χ1n) is 6.26. The second-order valence-corrected chi connectivity index (χ2v) is 7.40. The van der Waals surface area contributed by atoms with Crippen molar-refractivity contribution >= 4 is 21.8 Å². The normalized spacial score (nSPS) is 24.5. The molecule has 1 aromatic rings. The van der Waals surface area contributed by atoms with E-state index < -0.39 is 10.0 Å².